The third-order valence-electron chi connectivity index (χ3n) is 3.66. The van der Waals surface area contributed by atoms with E-state index in [-0.39, 0.29) is 30.6 Å². The van der Waals surface area contributed by atoms with E-state index in [1.807, 2.05) is 7.05 Å². The number of nitrogens with zero attached hydrogens (tertiary/aromatic N) is 2. The van der Waals surface area contributed by atoms with Crippen LogP contribution in [0.2, 0.25) is 0 Å². The fourth-order valence-corrected chi connectivity index (χ4v) is 3.03. The lowest BCUT2D eigenvalue weighted by molar-refractivity contribution is -0.132. The normalized spacial score (nSPS) is 17.1. The summed E-state index contributed by atoms with van der Waals surface area (Å²) in [6.07, 6.45) is 1.97. The Morgan fingerprint density at radius 2 is 1.90 bits per heavy atom. The lowest BCUT2D eigenvalue weighted by atomic mass is 9.97. The molecule has 1 heterocycles. The van der Waals surface area contributed by atoms with Crippen molar-refractivity contribution in [2.45, 2.75) is 19.8 Å². The van der Waals surface area contributed by atoms with Gasteiger partial charge in [0.05, 0.1) is 12.3 Å². The summed E-state index contributed by atoms with van der Waals surface area (Å²) in [4.78, 5) is 13.8. The number of piperidine rings is 1. The van der Waals surface area contributed by atoms with Crippen molar-refractivity contribution < 1.29 is 13.2 Å². The van der Waals surface area contributed by atoms with Gasteiger partial charge in [-0.25, -0.2) is 8.42 Å². The van der Waals surface area contributed by atoms with Gasteiger partial charge in [-0.05, 0) is 39.3 Å². The van der Waals surface area contributed by atoms with Gasteiger partial charge < -0.3 is 10.2 Å². The average molecular weight is 328 g/mol. The second kappa shape index (κ2) is 8.81. The molecule has 0 bridgehead atoms. The molecule has 0 radical (unpaired) electrons. The smallest absolute Gasteiger partial charge is 0.237 e. The lowest BCUT2D eigenvalue weighted by Crippen LogP contribution is -2.45. The first-order valence-corrected chi connectivity index (χ1v) is 8.38. The van der Waals surface area contributed by atoms with Crippen LogP contribution in [-0.2, 0) is 14.8 Å². The highest BCUT2D eigenvalue weighted by atomic mass is 35.5. The molecule has 20 heavy (non-hydrogen) atoms. The first-order valence-electron chi connectivity index (χ1n) is 6.77. The number of likely N-dealkylation sites (tertiary alicyclic amines) is 1. The zero-order valence-electron chi connectivity index (χ0n) is 12.5. The molecule has 0 saturated carbocycles. The minimum atomic E-state index is -3.28. The highest BCUT2D eigenvalue weighted by molar-refractivity contribution is 7.89. The number of carbonyl (C=O) groups excluding carboxylic acids is 1. The molecule has 0 atom stereocenters. The van der Waals surface area contributed by atoms with Crippen LogP contribution in [0.3, 0.4) is 0 Å². The third kappa shape index (κ3) is 5.55. The van der Waals surface area contributed by atoms with Crippen LogP contribution in [0, 0.1) is 5.92 Å². The number of rotatable bonds is 6. The van der Waals surface area contributed by atoms with Gasteiger partial charge in [0.2, 0.25) is 15.9 Å². The van der Waals surface area contributed by atoms with E-state index in [2.05, 4.69) is 5.32 Å². The lowest BCUT2D eigenvalue weighted by Gasteiger charge is -2.32. The van der Waals surface area contributed by atoms with E-state index in [0.717, 1.165) is 36.8 Å². The van der Waals surface area contributed by atoms with Gasteiger partial charge in [-0.1, -0.05) is 0 Å². The van der Waals surface area contributed by atoms with Gasteiger partial charge in [-0.15, -0.1) is 12.4 Å². The van der Waals surface area contributed by atoms with Crippen molar-refractivity contribution in [3.63, 3.8) is 0 Å². The van der Waals surface area contributed by atoms with Gasteiger partial charge >= 0.3 is 0 Å². The molecule has 6 nitrogen and oxygen atoms in total. The minimum Gasteiger partial charge on any atom is -0.342 e. The molecule has 1 saturated heterocycles. The summed E-state index contributed by atoms with van der Waals surface area (Å²) in [5.74, 6) is 0.551. The molecule has 8 heteroatoms. The Bertz CT molecular complexity index is 395. The second-order valence-corrected chi connectivity index (χ2v) is 7.40. The molecule has 0 aliphatic carbocycles. The summed E-state index contributed by atoms with van der Waals surface area (Å²) in [6.45, 7) is 3.97. The molecular weight excluding hydrogens is 302 g/mol. The van der Waals surface area contributed by atoms with Gasteiger partial charge in [-0.3, -0.25) is 4.79 Å². The van der Waals surface area contributed by atoms with Gasteiger partial charge in [0.25, 0.3) is 0 Å². The minimum absolute atomic E-state index is 0. The summed E-state index contributed by atoms with van der Waals surface area (Å²) < 4.78 is 24.4. The quantitative estimate of drug-likeness (QED) is 0.754. The number of sulfonamides is 1. The fraction of sp³-hybridized carbons (Fsp3) is 0.917. The predicted octanol–water partition coefficient (Wildman–Crippen LogP) is 0.148. The van der Waals surface area contributed by atoms with Crippen molar-refractivity contribution in [3.8, 4) is 0 Å². The number of nitrogens with one attached hydrogen (secondary N) is 1. The van der Waals surface area contributed by atoms with Gasteiger partial charge in [0.15, 0.2) is 0 Å². The molecule has 120 valence electrons. The van der Waals surface area contributed by atoms with Crippen LogP contribution in [0.4, 0.5) is 0 Å². The number of likely N-dealkylation sites (N-methyl/N-ethyl adjacent to an activating group) is 1. The first-order chi connectivity index (χ1) is 8.90. The largest absolute Gasteiger partial charge is 0.342 e. The van der Waals surface area contributed by atoms with E-state index in [4.69, 9.17) is 0 Å². The van der Waals surface area contributed by atoms with Crippen molar-refractivity contribution in [1.82, 2.24) is 14.5 Å². The summed E-state index contributed by atoms with van der Waals surface area (Å²) in [5, 5.41) is 3.15. The topological polar surface area (TPSA) is 69.7 Å². The Morgan fingerprint density at radius 3 is 2.35 bits per heavy atom. The zero-order chi connectivity index (χ0) is 14.5. The SMILES string of the molecule is CCS(=O)(=O)N(C)CC(=O)N1CCC(CNC)CC1.Cl. The van der Waals surface area contributed by atoms with Crippen molar-refractivity contribution in [2.75, 3.05) is 46.0 Å². The fourth-order valence-electron chi connectivity index (χ4n) is 2.28. The van der Waals surface area contributed by atoms with Crippen molar-refractivity contribution in [2.24, 2.45) is 5.92 Å². The van der Waals surface area contributed by atoms with Crippen LogP contribution in [0.1, 0.15) is 19.8 Å². The van der Waals surface area contributed by atoms with E-state index < -0.39 is 10.0 Å². The van der Waals surface area contributed by atoms with Gasteiger partial charge in [0.1, 0.15) is 0 Å². The van der Waals surface area contributed by atoms with Crippen LogP contribution >= 0.6 is 12.4 Å². The van der Waals surface area contributed by atoms with Crippen LogP contribution in [-0.4, -0.2) is 69.6 Å². The summed E-state index contributed by atoms with van der Waals surface area (Å²) in [7, 11) is 0.120. The van der Waals surface area contributed by atoms with E-state index in [0.29, 0.717) is 5.92 Å². The molecule has 0 spiro atoms. The number of hydrogen-bond acceptors (Lipinski definition) is 4. The van der Waals surface area contributed by atoms with Crippen LogP contribution in [0.15, 0.2) is 0 Å². The van der Waals surface area contributed by atoms with Crippen LogP contribution in [0.5, 0.6) is 0 Å². The molecule has 1 fully saturated rings. The summed E-state index contributed by atoms with van der Waals surface area (Å²) in [5.41, 5.74) is 0. The Hall–Kier alpha value is -0.370. The van der Waals surface area contributed by atoms with Crippen molar-refractivity contribution in [1.29, 1.82) is 0 Å². The Kier molecular flexibility index (Phi) is 8.65. The molecule has 1 aliphatic rings. The predicted molar refractivity (Wildman–Crippen MR) is 82.6 cm³/mol. The third-order valence-corrected chi connectivity index (χ3v) is 5.47. The Labute approximate surface area is 128 Å². The molecule has 1 rings (SSSR count). The monoisotopic (exact) mass is 327 g/mol. The Balaban J connectivity index is 0.00000361. The zero-order valence-corrected chi connectivity index (χ0v) is 14.1. The summed E-state index contributed by atoms with van der Waals surface area (Å²) in [6, 6.07) is 0. The molecular formula is C12H26ClN3O3S. The van der Waals surface area contributed by atoms with Crippen molar-refractivity contribution in [3.05, 3.63) is 0 Å². The maximum atomic E-state index is 12.0. The van der Waals surface area contributed by atoms with Crippen LogP contribution < -0.4 is 5.32 Å². The second-order valence-electron chi connectivity index (χ2n) is 5.04. The Morgan fingerprint density at radius 1 is 1.35 bits per heavy atom. The number of carbonyl (C=O) groups is 1. The molecule has 0 aromatic rings. The van der Waals surface area contributed by atoms with E-state index in [9.17, 15) is 13.2 Å². The molecule has 0 aromatic carbocycles. The van der Waals surface area contributed by atoms with Gasteiger partial charge in [0, 0.05) is 20.1 Å². The molecule has 0 aromatic heterocycles. The molecule has 1 aliphatic heterocycles. The van der Waals surface area contributed by atoms with Crippen LogP contribution in [0.25, 0.3) is 0 Å². The van der Waals surface area contributed by atoms with E-state index in [1.165, 1.54) is 7.05 Å². The maximum Gasteiger partial charge on any atom is 0.237 e. The average Bonchev–Trinajstić information content (AvgIpc) is 2.39. The highest BCUT2D eigenvalue weighted by Gasteiger charge is 2.25. The molecule has 0 unspecified atom stereocenters. The number of amides is 1. The number of hydrogen-bond donors (Lipinski definition) is 1. The van der Waals surface area contributed by atoms with E-state index in [1.54, 1.807) is 11.8 Å². The summed E-state index contributed by atoms with van der Waals surface area (Å²) >= 11 is 0. The standard InChI is InChI=1S/C12H25N3O3S.ClH/c1-4-19(17,18)14(3)10-12(16)15-7-5-11(6-8-15)9-13-2;/h11,13H,4-10H2,1-3H3;1H. The maximum absolute atomic E-state index is 12.0. The number of halogens is 1. The van der Waals surface area contributed by atoms with Crippen molar-refractivity contribution >= 4 is 28.3 Å². The van der Waals surface area contributed by atoms with E-state index >= 15 is 0 Å². The highest BCUT2D eigenvalue weighted by Crippen LogP contribution is 2.16. The molecule has 1 N–H and O–H groups in total. The van der Waals surface area contributed by atoms with Gasteiger partial charge in [-0.2, -0.15) is 4.31 Å². The first kappa shape index (κ1) is 19.6. The molecule has 1 amide bonds.